The highest BCUT2D eigenvalue weighted by molar-refractivity contribution is 5.13. The fourth-order valence-electron chi connectivity index (χ4n) is 2.91. The normalized spacial score (nSPS) is 31.9. The van der Waals surface area contributed by atoms with E-state index in [4.69, 9.17) is 5.73 Å². The standard InChI is InChI=1S/C12H21N3O/c1-9-3-4-12(5-9,8-13)11(16)10-6-14-15(2)7-10/h6-7,9,11,16H,3-5,8,13H2,1-2H3. The molecule has 90 valence electrons. The van der Waals surface area contributed by atoms with E-state index < -0.39 is 6.10 Å². The third-order valence-electron chi connectivity index (χ3n) is 3.92. The Balaban J connectivity index is 2.22. The Morgan fingerprint density at radius 3 is 2.94 bits per heavy atom. The minimum atomic E-state index is -0.476. The number of aliphatic hydroxyl groups excluding tert-OH is 1. The number of nitrogens with zero attached hydrogens (tertiary/aromatic N) is 2. The summed E-state index contributed by atoms with van der Waals surface area (Å²) in [5.41, 5.74) is 6.64. The second kappa shape index (κ2) is 4.18. The summed E-state index contributed by atoms with van der Waals surface area (Å²) < 4.78 is 1.72. The molecule has 1 aromatic rings. The van der Waals surface area contributed by atoms with Gasteiger partial charge in [0.2, 0.25) is 0 Å². The first kappa shape index (κ1) is 11.6. The van der Waals surface area contributed by atoms with Crippen molar-refractivity contribution < 1.29 is 5.11 Å². The Kier molecular flexibility index (Phi) is 3.04. The van der Waals surface area contributed by atoms with Crippen LogP contribution in [0.5, 0.6) is 0 Å². The van der Waals surface area contributed by atoms with E-state index >= 15 is 0 Å². The van der Waals surface area contributed by atoms with Gasteiger partial charge in [0, 0.05) is 30.8 Å². The molecule has 4 heteroatoms. The lowest BCUT2D eigenvalue weighted by Gasteiger charge is -2.32. The van der Waals surface area contributed by atoms with Crippen LogP contribution in [0.25, 0.3) is 0 Å². The van der Waals surface area contributed by atoms with E-state index in [1.54, 1.807) is 10.9 Å². The monoisotopic (exact) mass is 223 g/mol. The maximum atomic E-state index is 10.5. The summed E-state index contributed by atoms with van der Waals surface area (Å²) in [6.45, 7) is 2.78. The van der Waals surface area contributed by atoms with Crippen molar-refractivity contribution in [2.24, 2.45) is 24.1 Å². The second-order valence-electron chi connectivity index (χ2n) is 5.26. The highest BCUT2D eigenvalue weighted by Crippen LogP contribution is 2.49. The molecular formula is C12H21N3O. The number of aryl methyl sites for hydroxylation is 1. The molecule has 1 aliphatic rings. The van der Waals surface area contributed by atoms with Crippen molar-refractivity contribution >= 4 is 0 Å². The lowest BCUT2D eigenvalue weighted by Crippen LogP contribution is -2.34. The van der Waals surface area contributed by atoms with Gasteiger partial charge in [-0.05, 0) is 18.8 Å². The summed E-state index contributed by atoms with van der Waals surface area (Å²) in [5, 5.41) is 14.6. The van der Waals surface area contributed by atoms with E-state index in [2.05, 4.69) is 12.0 Å². The van der Waals surface area contributed by atoms with Crippen molar-refractivity contribution in [2.45, 2.75) is 32.3 Å². The zero-order valence-corrected chi connectivity index (χ0v) is 10.1. The third-order valence-corrected chi connectivity index (χ3v) is 3.92. The summed E-state index contributed by atoms with van der Waals surface area (Å²) in [5.74, 6) is 0.662. The van der Waals surface area contributed by atoms with Crippen LogP contribution in [0.4, 0.5) is 0 Å². The quantitative estimate of drug-likeness (QED) is 0.809. The Labute approximate surface area is 96.5 Å². The van der Waals surface area contributed by atoms with E-state index in [1.165, 1.54) is 0 Å². The molecule has 0 amide bonds. The minimum Gasteiger partial charge on any atom is -0.388 e. The number of nitrogens with two attached hydrogens (primary N) is 1. The highest BCUT2D eigenvalue weighted by Gasteiger charge is 2.43. The summed E-state index contributed by atoms with van der Waals surface area (Å²) >= 11 is 0. The van der Waals surface area contributed by atoms with Crippen LogP contribution in [-0.2, 0) is 7.05 Å². The van der Waals surface area contributed by atoms with Crippen LogP contribution in [0.2, 0.25) is 0 Å². The average molecular weight is 223 g/mol. The fourth-order valence-corrected chi connectivity index (χ4v) is 2.91. The molecule has 3 N–H and O–H groups in total. The summed E-state index contributed by atoms with van der Waals surface area (Å²) in [7, 11) is 1.86. The maximum Gasteiger partial charge on any atom is 0.0888 e. The van der Waals surface area contributed by atoms with E-state index in [1.807, 2.05) is 13.2 Å². The van der Waals surface area contributed by atoms with E-state index in [9.17, 15) is 5.11 Å². The molecule has 0 saturated heterocycles. The van der Waals surface area contributed by atoms with Crippen molar-refractivity contribution in [1.82, 2.24) is 9.78 Å². The van der Waals surface area contributed by atoms with Crippen LogP contribution in [0.3, 0.4) is 0 Å². The molecule has 1 aromatic heterocycles. The van der Waals surface area contributed by atoms with Crippen LogP contribution >= 0.6 is 0 Å². The van der Waals surface area contributed by atoms with Crippen LogP contribution in [0.1, 0.15) is 37.9 Å². The van der Waals surface area contributed by atoms with Crippen LogP contribution in [0, 0.1) is 11.3 Å². The lowest BCUT2D eigenvalue weighted by molar-refractivity contribution is 0.0307. The molecule has 0 spiro atoms. The van der Waals surface area contributed by atoms with E-state index in [-0.39, 0.29) is 5.41 Å². The van der Waals surface area contributed by atoms with Crippen molar-refractivity contribution in [2.75, 3.05) is 6.54 Å². The van der Waals surface area contributed by atoms with Gasteiger partial charge >= 0.3 is 0 Å². The molecule has 1 saturated carbocycles. The summed E-state index contributed by atoms with van der Waals surface area (Å²) in [4.78, 5) is 0. The van der Waals surface area contributed by atoms with Crippen molar-refractivity contribution in [1.29, 1.82) is 0 Å². The number of hydrogen-bond donors (Lipinski definition) is 2. The van der Waals surface area contributed by atoms with Gasteiger partial charge in [-0.1, -0.05) is 13.3 Å². The average Bonchev–Trinajstić information content (AvgIpc) is 2.85. The highest BCUT2D eigenvalue weighted by atomic mass is 16.3. The molecule has 16 heavy (non-hydrogen) atoms. The van der Waals surface area contributed by atoms with Crippen molar-refractivity contribution in [3.8, 4) is 0 Å². The van der Waals surface area contributed by atoms with Gasteiger partial charge in [0.15, 0.2) is 0 Å². The molecule has 1 aliphatic carbocycles. The molecule has 3 unspecified atom stereocenters. The van der Waals surface area contributed by atoms with Gasteiger partial charge in [0.1, 0.15) is 0 Å². The van der Waals surface area contributed by atoms with Crippen LogP contribution in [-0.4, -0.2) is 21.4 Å². The SMILES string of the molecule is CC1CCC(CN)(C(O)c2cnn(C)c2)C1. The molecule has 1 heterocycles. The Hall–Kier alpha value is -0.870. The van der Waals surface area contributed by atoms with Crippen LogP contribution in [0.15, 0.2) is 12.4 Å². The first-order valence-corrected chi connectivity index (χ1v) is 5.94. The Morgan fingerprint density at radius 1 is 1.75 bits per heavy atom. The predicted octanol–water partition coefficient (Wildman–Crippen LogP) is 1.22. The maximum absolute atomic E-state index is 10.5. The number of rotatable bonds is 3. The van der Waals surface area contributed by atoms with Crippen molar-refractivity contribution in [3.05, 3.63) is 18.0 Å². The van der Waals surface area contributed by atoms with Gasteiger partial charge in [-0.15, -0.1) is 0 Å². The molecule has 0 bridgehead atoms. The smallest absolute Gasteiger partial charge is 0.0888 e. The van der Waals surface area contributed by atoms with Crippen molar-refractivity contribution in [3.63, 3.8) is 0 Å². The Morgan fingerprint density at radius 2 is 2.50 bits per heavy atom. The summed E-state index contributed by atoms with van der Waals surface area (Å²) in [6, 6.07) is 0. The molecule has 0 aliphatic heterocycles. The van der Waals surface area contributed by atoms with Gasteiger partial charge < -0.3 is 10.8 Å². The van der Waals surface area contributed by atoms with Gasteiger partial charge in [-0.3, -0.25) is 4.68 Å². The number of aliphatic hydroxyl groups is 1. The molecular weight excluding hydrogens is 202 g/mol. The first-order valence-electron chi connectivity index (χ1n) is 5.94. The first-order chi connectivity index (χ1) is 7.57. The second-order valence-corrected chi connectivity index (χ2v) is 5.26. The zero-order chi connectivity index (χ0) is 11.8. The van der Waals surface area contributed by atoms with Crippen LogP contribution < -0.4 is 5.73 Å². The predicted molar refractivity (Wildman–Crippen MR) is 62.7 cm³/mol. The number of hydrogen-bond acceptors (Lipinski definition) is 3. The molecule has 3 atom stereocenters. The van der Waals surface area contributed by atoms with Gasteiger partial charge in [-0.25, -0.2) is 0 Å². The lowest BCUT2D eigenvalue weighted by atomic mass is 9.77. The van der Waals surface area contributed by atoms with E-state index in [0.29, 0.717) is 12.5 Å². The van der Waals surface area contributed by atoms with Gasteiger partial charge in [0.05, 0.1) is 12.3 Å². The topological polar surface area (TPSA) is 64.1 Å². The number of aromatic nitrogens is 2. The zero-order valence-electron chi connectivity index (χ0n) is 10.1. The molecule has 4 nitrogen and oxygen atoms in total. The third kappa shape index (κ3) is 1.87. The fraction of sp³-hybridized carbons (Fsp3) is 0.750. The van der Waals surface area contributed by atoms with Gasteiger partial charge in [-0.2, -0.15) is 5.10 Å². The minimum absolute atomic E-state index is 0.136. The summed E-state index contributed by atoms with van der Waals surface area (Å²) in [6.07, 6.45) is 6.33. The molecule has 1 fully saturated rings. The molecule has 2 rings (SSSR count). The Bertz CT molecular complexity index is 363. The van der Waals surface area contributed by atoms with E-state index in [0.717, 1.165) is 24.8 Å². The largest absolute Gasteiger partial charge is 0.388 e. The van der Waals surface area contributed by atoms with Gasteiger partial charge in [0.25, 0.3) is 0 Å². The molecule has 0 radical (unpaired) electrons. The molecule has 0 aromatic carbocycles.